The standard InChI is InChI=1S/C24H27ClN4O4S/c1-16-10-11-23(33-4)22(12-16)28(34(5,31)32)15-24(30)27-26-14-19-13-17(2)29(18(19)3)21-9-7-6-8-20(21)25/h6-14H,15H2,1-5H3,(H,27,30)/b26-14-. The van der Waals surface area contributed by atoms with E-state index in [1.165, 1.54) is 13.3 Å². The Bertz CT molecular complexity index is 1350. The summed E-state index contributed by atoms with van der Waals surface area (Å²) < 4.78 is 33.1. The van der Waals surface area contributed by atoms with Crippen LogP contribution in [-0.2, 0) is 14.8 Å². The van der Waals surface area contributed by atoms with E-state index in [2.05, 4.69) is 10.5 Å². The van der Waals surface area contributed by atoms with Crippen molar-refractivity contribution in [2.24, 2.45) is 5.10 Å². The lowest BCUT2D eigenvalue weighted by Gasteiger charge is -2.23. The smallest absolute Gasteiger partial charge is 0.260 e. The summed E-state index contributed by atoms with van der Waals surface area (Å²) >= 11 is 6.35. The second-order valence-electron chi connectivity index (χ2n) is 7.85. The number of nitrogens with zero attached hydrogens (tertiary/aromatic N) is 3. The average Bonchev–Trinajstić information content (AvgIpc) is 3.04. The van der Waals surface area contributed by atoms with Gasteiger partial charge in [0.15, 0.2) is 0 Å². The van der Waals surface area contributed by atoms with Gasteiger partial charge in [0.1, 0.15) is 12.3 Å². The minimum Gasteiger partial charge on any atom is -0.495 e. The number of carbonyl (C=O) groups is 1. The van der Waals surface area contributed by atoms with Gasteiger partial charge >= 0.3 is 0 Å². The number of rotatable bonds is 8. The summed E-state index contributed by atoms with van der Waals surface area (Å²) in [5.74, 6) is -0.246. The number of aryl methyl sites for hydroxylation is 2. The van der Waals surface area contributed by atoms with E-state index in [-0.39, 0.29) is 5.69 Å². The highest BCUT2D eigenvalue weighted by Crippen LogP contribution is 2.31. The second kappa shape index (κ2) is 10.3. The molecule has 180 valence electrons. The summed E-state index contributed by atoms with van der Waals surface area (Å²) in [7, 11) is -2.32. The molecule has 1 amide bonds. The van der Waals surface area contributed by atoms with Crippen LogP contribution in [0, 0.1) is 20.8 Å². The zero-order valence-corrected chi connectivity index (χ0v) is 21.2. The molecule has 1 aromatic heterocycles. The van der Waals surface area contributed by atoms with Gasteiger partial charge in [0, 0.05) is 17.0 Å². The van der Waals surface area contributed by atoms with Crippen LogP contribution in [0.3, 0.4) is 0 Å². The topological polar surface area (TPSA) is 93.0 Å². The maximum absolute atomic E-state index is 12.6. The maximum Gasteiger partial charge on any atom is 0.260 e. The van der Waals surface area contributed by atoms with Gasteiger partial charge < -0.3 is 9.30 Å². The molecule has 0 radical (unpaired) electrons. The fourth-order valence-electron chi connectivity index (χ4n) is 3.64. The molecule has 0 saturated heterocycles. The van der Waals surface area contributed by atoms with Gasteiger partial charge in [0.25, 0.3) is 5.91 Å². The molecule has 0 bridgehead atoms. The zero-order valence-electron chi connectivity index (χ0n) is 19.7. The Morgan fingerprint density at radius 3 is 2.53 bits per heavy atom. The number of nitrogens with one attached hydrogen (secondary N) is 1. The van der Waals surface area contributed by atoms with Crippen molar-refractivity contribution in [3.05, 3.63) is 76.1 Å². The largest absolute Gasteiger partial charge is 0.495 e. The fourth-order valence-corrected chi connectivity index (χ4v) is 4.71. The van der Waals surface area contributed by atoms with Crippen LogP contribution in [0.2, 0.25) is 5.02 Å². The van der Waals surface area contributed by atoms with E-state index in [0.29, 0.717) is 10.8 Å². The number of ether oxygens (including phenoxy) is 1. The van der Waals surface area contributed by atoms with Gasteiger partial charge in [-0.25, -0.2) is 13.8 Å². The molecule has 1 heterocycles. The van der Waals surface area contributed by atoms with Gasteiger partial charge in [-0.05, 0) is 56.7 Å². The van der Waals surface area contributed by atoms with Gasteiger partial charge in [0.2, 0.25) is 10.0 Å². The molecule has 0 spiro atoms. The van der Waals surface area contributed by atoms with Gasteiger partial charge in [-0.15, -0.1) is 0 Å². The average molecular weight is 503 g/mol. The fraction of sp³-hybridized carbons (Fsp3) is 0.250. The lowest BCUT2D eigenvalue weighted by atomic mass is 10.2. The molecular formula is C24H27ClN4O4S. The summed E-state index contributed by atoms with van der Waals surface area (Å²) in [5.41, 5.74) is 7.01. The molecule has 8 nitrogen and oxygen atoms in total. The molecule has 3 rings (SSSR count). The van der Waals surface area contributed by atoms with E-state index in [9.17, 15) is 13.2 Å². The number of anilines is 1. The molecule has 34 heavy (non-hydrogen) atoms. The number of methoxy groups -OCH3 is 1. The van der Waals surface area contributed by atoms with Crippen molar-refractivity contribution in [3.8, 4) is 11.4 Å². The molecular weight excluding hydrogens is 476 g/mol. The molecule has 0 aliphatic carbocycles. The Hall–Kier alpha value is -3.30. The summed E-state index contributed by atoms with van der Waals surface area (Å²) in [6.07, 6.45) is 2.56. The third-order valence-corrected chi connectivity index (χ3v) is 6.69. The summed E-state index contributed by atoms with van der Waals surface area (Å²) in [5, 5.41) is 4.66. The number of amides is 1. The Morgan fingerprint density at radius 2 is 1.88 bits per heavy atom. The molecule has 0 atom stereocenters. The number of halogens is 1. The Kier molecular flexibility index (Phi) is 7.68. The molecule has 0 unspecified atom stereocenters. The number of sulfonamides is 1. The predicted octanol–water partition coefficient (Wildman–Crippen LogP) is 3.98. The van der Waals surface area contributed by atoms with Crippen molar-refractivity contribution in [2.45, 2.75) is 20.8 Å². The molecule has 10 heteroatoms. The first-order valence-electron chi connectivity index (χ1n) is 10.4. The van der Waals surface area contributed by atoms with Crippen LogP contribution >= 0.6 is 11.6 Å². The van der Waals surface area contributed by atoms with Crippen molar-refractivity contribution in [1.29, 1.82) is 0 Å². The number of carbonyl (C=O) groups excluding carboxylic acids is 1. The molecule has 3 aromatic rings. The minimum atomic E-state index is -3.76. The van der Waals surface area contributed by atoms with Crippen molar-refractivity contribution in [1.82, 2.24) is 9.99 Å². The highest BCUT2D eigenvalue weighted by molar-refractivity contribution is 7.92. The van der Waals surface area contributed by atoms with Gasteiger partial charge in [0.05, 0.1) is 36.0 Å². The van der Waals surface area contributed by atoms with E-state index in [0.717, 1.165) is 38.8 Å². The summed E-state index contributed by atoms with van der Waals surface area (Å²) in [6, 6.07) is 14.5. The number of benzene rings is 2. The number of hydrazone groups is 1. The summed E-state index contributed by atoms with van der Waals surface area (Å²) in [4.78, 5) is 12.6. The zero-order chi connectivity index (χ0) is 25.0. The lowest BCUT2D eigenvalue weighted by Crippen LogP contribution is -2.39. The SMILES string of the molecule is COc1ccc(C)cc1N(CC(=O)N/N=C\c1cc(C)n(-c2ccccc2Cl)c1C)S(C)(=O)=O. The Balaban J connectivity index is 1.79. The normalized spacial score (nSPS) is 11.6. The van der Waals surface area contributed by atoms with Gasteiger partial charge in [-0.2, -0.15) is 5.10 Å². The van der Waals surface area contributed by atoms with Crippen LogP contribution < -0.4 is 14.5 Å². The number of para-hydroxylation sites is 1. The third-order valence-electron chi connectivity index (χ3n) is 5.25. The van der Waals surface area contributed by atoms with Crippen LogP contribution in [0.15, 0.2) is 53.6 Å². The summed E-state index contributed by atoms with van der Waals surface area (Å²) in [6.45, 7) is 5.25. The molecule has 0 fully saturated rings. The van der Waals surface area contributed by atoms with Gasteiger partial charge in [-0.1, -0.05) is 29.8 Å². The van der Waals surface area contributed by atoms with Crippen molar-refractivity contribution in [2.75, 3.05) is 24.2 Å². The van der Waals surface area contributed by atoms with E-state index < -0.39 is 22.5 Å². The first-order chi connectivity index (χ1) is 16.0. The van der Waals surface area contributed by atoms with Crippen molar-refractivity contribution >= 4 is 39.4 Å². The second-order valence-corrected chi connectivity index (χ2v) is 10.2. The van der Waals surface area contributed by atoms with Crippen LogP contribution in [-0.4, -0.2) is 45.0 Å². The minimum absolute atomic E-state index is 0.285. The molecule has 0 aliphatic heterocycles. The monoisotopic (exact) mass is 502 g/mol. The number of aromatic nitrogens is 1. The van der Waals surface area contributed by atoms with Crippen LogP contribution in [0.1, 0.15) is 22.5 Å². The van der Waals surface area contributed by atoms with Crippen LogP contribution in [0.25, 0.3) is 5.69 Å². The maximum atomic E-state index is 12.6. The highest BCUT2D eigenvalue weighted by Gasteiger charge is 2.24. The molecule has 0 saturated carbocycles. The van der Waals surface area contributed by atoms with E-state index in [4.69, 9.17) is 16.3 Å². The first-order valence-corrected chi connectivity index (χ1v) is 12.6. The molecule has 2 aromatic carbocycles. The Labute approximate surface area is 204 Å². The van der Waals surface area contributed by atoms with E-state index in [1.807, 2.05) is 55.7 Å². The van der Waals surface area contributed by atoms with E-state index in [1.54, 1.807) is 18.2 Å². The molecule has 1 N–H and O–H groups in total. The van der Waals surface area contributed by atoms with Crippen molar-refractivity contribution < 1.29 is 17.9 Å². The van der Waals surface area contributed by atoms with Crippen LogP contribution in [0.4, 0.5) is 5.69 Å². The highest BCUT2D eigenvalue weighted by atomic mass is 35.5. The predicted molar refractivity (Wildman–Crippen MR) is 136 cm³/mol. The van der Waals surface area contributed by atoms with Gasteiger partial charge in [-0.3, -0.25) is 9.10 Å². The third kappa shape index (κ3) is 5.60. The lowest BCUT2D eigenvalue weighted by molar-refractivity contribution is -0.119. The number of hydrogen-bond donors (Lipinski definition) is 1. The van der Waals surface area contributed by atoms with Crippen molar-refractivity contribution in [3.63, 3.8) is 0 Å². The van der Waals surface area contributed by atoms with E-state index >= 15 is 0 Å². The van der Waals surface area contributed by atoms with Crippen LogP contribution in [0.5, 0.6) is 5.75 Å². The Morgan fingerprint density at radius 1 is 1.18 bits per heavy atom. The first kappa shape index (κ1) is 25.3. The quantitative estimate of drug-likeness (QED) is 0.372. The number of hydrogen-bond acceptors (Lipinski definition) is 5. The molecule has 0 aliphatic rings.